The van der Waals surface area contributed by atoms with Gasteiger partial charge < -0.3 is 4.90 Å². The van der Waals surface area contributed by atoms with E-state index in [0.717, 1.165) is 4.90 Å². The number of hydrogen-bond acceptors (Lipinski definition) is 4. The Balaban J connectivity index is 1.61. The maximum Gasteiger partial charge on any atom is 0.262 e. The molecule has 3 aromatic carbocycles. The quantitative estimate of drug-likeness (QED) is 0.550. The zero-order valence-corrected chi connectivity index (χ0v) is 18.3. The normalized spacial score (nSPS) is 13.5. The highest BCUT2D eigenvalue weighted by molar-refractivity contribution is 6.23. The Kier molecular flexibility index (Phi) is 6.04. The number of fused-ring (bicyclic) bond motifs is 1. The van der Waals surface area contributed by atoms with Crippen LogP contribution in [0.25, 0.3) is 0 Å². The van der Waals surface area contributed by atoms with Crippen LogP contribution in [0.3, 0.4) is 0 Å². The van der Waals surface area contributed by atoms with Crippen LogP contribution in [0.1, 0.15) is 27.6 Å². The summed E-state index contributed by atoms with van der Waals surface area (Å²) < 4.78 is 0. The van der Waals surface area contributed by atoms with E-state index in [4.69, 9.17) is 0 Å². The highest BCUT2D eigenvalue weighted by atomic mass is 16.2. The van der Waals surface area contributed by atoms with Crippen molar-refractivity contribution in [1.82, 2.24) is 4.90 Å². The number of imide groups is 1. The van der Waals surface area contributed by atoms with E-state index in [9.17, 15) is 19.2 Å². The van der Waals surface area contributed by atoms with E-state index < -0.39 is 30.3 Å². The van der Waals surface area contributed by atoms with Gasteiger partial charge in [-0.05, 0) is 43.3 Å². The summed E-state index contributed by atoms with van der Waals surface area (Å²) in [6.07, 6.45) is 0. The van der Waals surface area contributed by atoms with Crippen LogP contribution in [0.15, 0.2) is 84.9 Å². The van der Waals surface area contributed by atoms with Crippen LogP contribution < -0.4 is 9.80 Å². The zero-order chi connectivity index (χ0) is 23.5. The lowest BCUT2D eigenvalue weighted by Gasteiger charge is -2.32. The first kappa shape index (κ1) is 22.0. The predicted octanol–water partition coefficient (Wildman–Crippen LogP) is 3.37. The SMILES string of the molecule is CC(C(=O)N(C)c1ccccc1)N(C(=O)CN1C(=O)c2ccccc2C1=O)c1ccccc1. The highest BCUT2D eigenvalue weighted by Crippen LogP contribution is 2.25. The fourth-order valence-corrected chi connectivity index (χ4v) is 3.94. The van der Waals surface area contributed by atoms with Crippen LogP contribution in [-0.2, 0) is 9.59 Å². The second kappa shape index (κ2) is 9.08. The topological polar surface area (TPSA) is 78.0 Å². The van der Waals surface area contributed by atoms with Crippen molar-refractivity contribution >= 4 is 35.0 Å². The molecule has 1 heterocycles. The molecule has 0 bridgehead atoms. The van der Waals surface area contributed by atoms with Crippen LogP contribution in [0.2, 0.25) is 0 Å². The lowest BCUT2D eigenvalue weighted by molar-refractivity contribution is -0.124. The van der Waals surface area contributed by atoms with Gasteiger partial charge in [-0.1, -0.05) is 48.5 Å². The molecule has 0 aromatic heterocycles. The molecule has 4 rings (SSSR count). The Hall–Kier alpha value is -4.26. The molecule has 3 aromatic rings. The van der Waals surface area contributed by atoms with Crippen molar-refractivity contribution in [3.8, 4) is 0 Å². The van der Waals surface area contributed by atoms with Gasteiger partial charge in [-0.2, -0.15) is 0 Å². The minimum atomic E-state index is -0.875. The maximum absolute atomic E-state index is 13.5. The summed E-state index contributed by atoms with van der Waals surface area (Å²) in [5.74, 6) is -1.87. The highest BCUT2D eigenvalue weighted by Gasteiger charge is 2.39. The van der Waals surface area contributed by atoms with Gasteiger partial charge in [0.05, 0.1) is 11.1 Å². The third-order valence-electron chi connectivity index (χ3n) is 5.69. The molecule has 1 aliphatic heterocycles. The standard InChI is InChI=1S/C26H23N3O4/c1-18(24(31)27(2)19-11-5-3-6-12-19)29(20-13-7-4-8-14-20)23(30)17-28-25(32)21-15-9-10-16-22(21)26(28)33/h3-16,18H,17H2,1-2H3. The van der Waals surface area contributed by atoms with Crippen LogP contribution in [0.4, 0.5) is 11.4 Å². The molecule has 166 valence electrons. The Morgan fingerprint density at radius 2 is 1.21 bits per heavy atom. The fourth-order valence-electron chi connectivity index (χ4n) is 3.94. The van der Waals surface area contributed by atoms with Gasteiger partial charge >= 0.3 is 0 Å². The molecule has 0 fully saturated rings. The third-order valence-corrected chi connectivity index (χ3v) is 5.69. The fraction of sp³-hybridized carbons (Fsp3) is 0.154. The summed E-state index contributed by atoms with van der Waals surface area (Å²) in [5, 5.41) is 0. The van der Waals surface area contributed by atoms with Gasteiger partial charge in [0, 0.05) is 18.4 Å². The van der Waals surface area contributed by atoms with Crippen molar-refractivity contribution in [2.24, 2.45) is 0 Å². The Morgan fingerprint density at radius 1 is 0.758 bits per heavy atom. The molecule has 0 aliphatic carbocycles. The van der Waals surface area contributed by atoms with Gasteiger partial charge in [0.1, 0.15) is 12.6 Å². The van der Waals surface area contributed by atoms with Gasteiger partial charge in [0.2, 0.25) is 11.8 Å². The number of anilines is 2. The molecule has 0 saturated carbocycles. The van der Waals surface area contributed by atoms with Crippen LogP contribution in [0, 0.1) is 0 Å². The minimum absolute atomic E-state index is 0.273. The van der Waals surface area contributed by atoms with E-state index in [2.05, 4.69) is 0 Å². The number of hydrogen-bond donors (Lipinski definition) is 0. The summed E-state index contributed by atoms with van der Waals surface area (Å²) in [6.45, 7) is 1.17. The molecule has 0 spiro atoms. The second-order valence-corrected chi connectivity index (χ2v) is 7.75. The van der Waals surface area contributed by atoms with Crippen LogP contribution in [0.5, 0.6) is 0 Å². The number of amides is 4. The lowest BCUT2D eigenvalue weighted by atomic mass is 10.1. The van der Waals surface area contributed by atoms with E-state index in [1.165, 1.54) is 9.80 Å². The summed E-state index contributed by atoms with van der Waals surface area (Å²) in [6, 6.07) is 23.5. The summed E-state index contributed by atoms with van der Waals surface area (Å²) in [4.78, 5) is 56.0. The number of rotatable bonds is 6. The molecular formula is C26H23N3O4. The summed E-state index contributed by atoms with van der Waals surface area (Å²) in [5.41, 5.74) is 1.74. The van der Waals surface area contributed by atoms with Crippen molar-refractivity contribution in [2.45, 2.75) is 13.0 Å². The van der Waals surface area contributed by atoms with E-state index in [1.807, 2.05) is 18.2 Å². The van der Waals surface area contributed by atoms with Gasteiger partial charge in [-0.15, -0.1) is 0 Å². The maximum atomic E-state index is 13.5. The van der Waals surface area contributed by atoms with Crippen molar-refractivity contribution in [1.29, 1.82) is 0 Å². The molecule has 0 N–H and O–H groups in total. The Morgan fingerprint density at radius 3 is 1.73 bits per heavy atom. The van der Waals surface area contributed by atoms with Crippen molar-refractivity contribution in [2.75, 3.05) is 23.4 Å². The largest absolute Gasteiger partial charge is 0.314 e. The number of carbonyl (C=O) groups is 4. The molecule has 4 amide bonds. The number of para-hydroxylation sites is 2. The first-order chi connectivity index (χ1) is 15.9. The molecule has 33 heavy (non-hydrogen) atoms. The van der Waals surface area contributed by atoms with Crippen molar-refractivity contribution < 1.29 is 19.2 Å². The molecule has 1 aliphatic rings. The van der Waals surface area contributed by atoms with Crippen molar-refractivity contribution in [3.05, 3.63) is 96.1 Å². The van der Waals surface area contributed by atoms with Crippen molar-refractivity contribution in [3.63, 3.8) is 0 Å². The number of benzene rings is 3. The van der Waals surface area contributed by atoms with Gasteiger partial charge in [0.25, 0.3) is 11.8 Å². The molecule has 1 atom stereocenters. The molecule has 7 nitrogen and oxygen atoms in total. The molecule has 1 unspecified atom stereocenters. The predicted molar refractivity (Wildman–Crippen MR) is 125 cm³/mol. The smallest absolute Gasteiger partial charge is 0.262 e. The third kappa shape index (κ3) is 4.13. The van der Waals surface area contributed by atoms with E-state index in [1.54, 1.807) is 80.7 Å². The Bertz CT molecular complexity index is 1180. The average molecular weight is 441 g/mol. The number of carbonyl (C=O) groups excluding carboxylic acids is 4. The van der Waals surface area contributed by atoms with E-state index >= 15 is 0 Å². The molecular weight excluding hydrogens is 418 g/mol. The molecule has 0 radical (unpaired) electrons. The minimum Gasteiger partial charge on any atom is -0.314 e. The van der Waals surface area contributed by atoms with Crippen LogP contribution in [-0.4, -0.2) is 48.2 Å². The van der Waals surface area contributed by atoms with Gasteiger partial charge in [-0.3, -0.25) is 29.0 Å². The lowest BCUT2D eigenvalue weighted by Crippen LogP contribution is -2.52. The van der Waals surface area contributed by atoms with E-state index in [-0.39, 0.29) is 17.0 Å². The van der Waals surface area contributed by atoms with Gasteiger partial charge in [-0.25, -0.2) is 0 Å². The average Bonchev–Trinajstić information content (AvgIpc) is 3.09. The number of likely N-dealkylation sites (N-methyl/N-ethyl adjacent to an activating group) is 1. The molecule has 7 heteroatoms. The second-order valence-electron chi connectivity index (χ2n) is 7.75. The summed E-state index contributed by atoms with van der Waals surface area (Å²) >= 11 is 0. The summed E-state index contributed by atoms with van der Waals surface area (Å²) in [7, 11) is 1.64. The first-order valence-electron chi connectivity index (χ1n) is 10.5. The monoisotopic (exact) mass is 441 g/mol. The van der Waals surface area contributed by atoms with Crippen LogP contribution >= 0.6 is 0 Å². The zero-order valence-electron chi connectivity index (χ0n) is 18.3. The van der Waals surface area contributed by atoms with Gasteiger partial charge in [0.15, 0.2) is 0 Å². The Labute approximate surface area is 191 Å². The van der Waals surface area contributed by atoms with E-state index in [0.29, 0.717) is 11.4 Å². The first-order valence-corrected chi connectivity index (χ1v) is 10.5. The molecule has 0 saturated heterocycles. The number of nitrogens with zero attached hydrogens (tertiary/aromatic N) is 3.